The molecule has 2 fully saturated rings. The number of nitrogens with two attached hydrogens (primary N) is 1. The highest BCUT2D eigenvalue weighted by Gasteiger charge is 2.60. The monoisotopic (exact) mass is 549 g/mol. The summed E-state index contributed by atoms with van der Waals surface area (Å²) in [5, 5.41) is 44.2. The number of likely N-dealkylation sites (N-methyl/N-ethyl adjacent to an activating group) is 1. The molecule has 210 valence electrons. The van der Waals surface area contributed by atoms with Gasteiger partial charge in [-0.3, -0.25) is 19.3 Å². The predicted octanol–water partition coefficient (Wildman–Crippen LogP) is 1.43. The summed E-state index contributed by atoms with van der Waals surface area (Å²) in [5.41, 5.74) is 2.95. The number of rotatable bonds is 4. The molecule has 2 aromatic rings. The minimum absolute atomic E-state index is 0.0432. The van der Waals surface area contributed by atoms with E-state index in [1.54, 1.807) is 6.07 Å². The number of fused-ring (bicyclic) bond motifs is 3. The molecule has 40 heavy (non-hydrogen) atoms. The van der Waals surface area contributed by atoms with E-state index < -0.39 is 52.0 Å². The summed E-state index contributed by atoms with van der Waals surface area (Å²) in [6.07, 6.45) is -0.0693. The minimum atomic E-state index is -2.58. The Morgan fingerprint density at radius 1 is 1.07 bits per heavy atom. The summed E-state index contributed by atoms with van der Waals surface area (Å²) < 4.78 is 6.19. The van der Waals surface area contributed by atoms with Gasteiger partial charge in [0.1, 0.15) is 34.4 Å². The fourth-order valence-corrected chi connectivity index (χ4v) is 6.69. The van der Waals surface area contributed by atoms with E-state index in [1.807, 2.05) is 12.1 Å². The minimum Gasteiger partial charge on any atom is -0.508 e. The maximum atomic E-state index is 13.7. The molecule has 0 bridgehead atoms. The van der Waals surface area contributed by atoms with Crippen molar-refractivity contribution < 1.29 is 39.2 Å². The Balaban J connectivity index is 1.39. The number of aliphatic hydroxyl groups is 3. The van der Waals surface area contributed by atoms with Gasteiger partial charge in [-0.25, -0.2) is 0 Å². The maximum Gasteiger partial charge on any atom is 0.255 e. The van der Waals surface area contributed by atoms with Crippen molar-refractivity contribution in [3.05, 3.63) is 58.1 Å². The number of piperazine rings is 1. The zero-order valence-electron chi connectivity index (χ0n) is 22.0. The highest BCUT2D eigenvalue weighted by Crippen LogP contribution is 2.53. The quantitative estimate of drug-likeness (QED) is 0.351. The average Bonchev–Trinajstić information content (AvgIpc) is 3.35. The van der Waals surface area contributed by atoms with Crippen LogP contribution in [0.4, 0.5) is 0 Å². The number of nitrogens with zero attached hydrogens (tertiary/aromatic N) is 2. The third-order valence-electron chi connectivity index (χ3n) is 8.85. The molecule has 11 heteroatoms. The number of carbonyl (C=O) groups is 3. The molecule has 1 aromatic carbocycles. The first-order valence-electron chi connectivity index (χ1n) is 13.3. The van der Waals surface area contributed by atoms with Crippen LogP contribution < -0.4 is 5.73 Å². The summed E-state index contributed by atoms with van der Waals surface area (Å²) in [6, 6.07) is 6.84. The van der Waals surface area contributed by atoms with Crippen LogP contribution in [0.5, 0.6) is 5.75 Å². The van der Waals surface area contributed by atoms with Crippen molar-refractivity contribution in [1.82, 2.24) is 9.80 Å². The number of primary amides is 1. The number of Topliss-reactive ketones (excluding diaryl/α,β-unsaturated/α-hetero) is 2. The molecule has 1 aromatic heterocycles. The molecule has 4 aliphatic rings. The van der Waals surface area contributed by atoms with Gasteiger partial charge in [0.05, 0.1) is 12.1 Å². The summed E-state index contributed by atoms with van der Waals surface area (Å²) >= 11 is 0. The van der Waals surface area contributed by atoms with E-state index in [2.05, 4.69) is 16.8 Å². The van der Waals surface area contributed by atoms with Gasteiger partial charge in [-0.15, -0.1) is 0 Å². The lowest BCUT2D eigenvalue weighted by atomic mass is 9.59. The highest BCUT2D eigenvalue weighted by atomic mass is 16.4. The number of benzene rings is 1. The van der Waals surface area contributed by atoms with E-state index >= 15 is 0 Å². The van der Waals surface area contributed by atoms with Crippen LogP contribution in [0.15, 0.2) is 45.6 Å². The molecular formula is C29H31N3O8. The molecule has 0 radical (unpaired) electrons. The fraction of sp³-hybridized carbons (Fsp3) is 0.414. The molecule has 0 unspecified atom stereocenters. The number of amides is 1. The Morgan fingerprint density at radius 2 is 1.80 bits per heavy atom. The number of aliphatic hydroxyl groups excluding tert-OH is 2. The number of carbonyl (C=O) groups excluding carboxylic acids is 3. The van der Waals surface area contributed by atoms with Gasteiger partial charge in [0.2, 0.25) is 5.78 Å². The summed E-state index contributed by atoms with van der Waals surface area (Å²) in [7, 11) is 2.09. The number of furan rings is 1. The Morgan fingerprint density at radius 3 is 2.50 bits per heavy atom. The van der Waals surface area contributed by atoms with Crippen molar-refractivity contribution in [3.8, 4) is 17.1 Å². The van der Waals surface area contributed by atoms with Crippen LogP contribution in [-0.2, 0) is 27.3 Å². The number of aromatic hydroxyl groups is 1. The highest BCUT2D eigenvalue weighted by molar-refractivity contribution is 6.22. The third-order valence-corrected chi connectivity index (χ3v) is 8.85. The normalized spacial score (nSPS) is 27.4. The van der Waals surface area contributed by atoms with E-state index in [-0.39, 0.29) is 36.1 Å². The molecular weight excluding hydrogens is 518 g/mol. The van der Waals surface area contributed by atoms with Crippen LogP contribution >= 0.6 is 0 Å². The average molecular weight is 550 g/mol. The van der Waals surface area contributed by atoms with Crippen molar-refractivity contribution in [2.75, 3.05) is 33.2 Å². The fourth-order valence-electron chi connectivity index (χ4n) is 6.69. The molecule has 6 N–H and O–H groups in total. The Bertz CT molecular complexity index is 1510. The number of phenols is 1. The van der Waals surface area contributed by atoms with Crippen LogP contribution in [0.3, 0.4) is 0 Å². The molecule has 1 amide bonds. The summed E-state index contributed by atoms with van der Waals surface area (Å²) in [6.45, 7) is 4.47. The first kappa shape index (κ1) is 26.3. The summed E-state index contributed by atoms with van der Waals surface area (Å²) in [4.78, 5) is 42.6. The summed E-state index contributed by atoms with van der Waals surface area (Å²) in [5.74, 6) is -5.17. The van der Waals surface area contributed by atoms with Gasteiger partial charge < -0.3 is 35.5 Å². The zero-order chi connectivity index (χ0) is 28.5. The Labute approximate surface area is 229 Å². The second-order valence-electron chi connectivity index (χ2n) is 11.2. The van der Waals surface area contributed by atoms with Gasteiger partial charge in [0.25, 0.3) is 5.91 Å². The van der Waals surface area contributed by atoms with Crippen molar-refractivity contribution in [2.24, 2.45) is 17.6 Å². The SMILES string of the molecule is CN1CCN(Cc2ccc(-c3ccc(O)c4c3C[C@H]3C[C@H]5CC(=O)C(C(N)=O)=C(O)[C@@]5(O)C(=O)C3=C4O)o2)CC1. The lowest BCUT2D eigenvalue weighted by Gasteiger charge is -2.46. The Hall–Kier alpha value is -3.93. The molecule has 1 saturated heterocycles. The second kappa shape index (κ2) is 9.33. The van der Waals surface area contributed by atoms with Crippen molar-refractivity contribution in [3.63, 3.8) is 0 Å². The van der Waals surface area contributed by atoms with Crippen LogP contribution in [-0.4, -0.2) is 86.5 Å². The van der Waals surface area contributed by atoms with Crippen LogP contribution in [0.25, 0.3) is 17.1 Å². The molecule has 0 spiro atoms. The van der Waals surface area contributed by atoms with E-state index in [4.69, 9.17) is 10.2 Å². The van der Waals surface area contributed by atoms with Gasteiger partial charge in [-0.1, -0.05) is 0 Å². The number of hydrogen-bond donors (Lipinski definition) is 5. The van der Waals surface area contributed by atoms with Crippen molar-refractivity contribution >= 4 is 23.2 Å². The maximum absolute atomic E-state index is 13.7. The van der Waals surface area contributed by atoms with Gasteiger partial charge in [-0.2, -0.15) is 0 Å². The van der Waals surface area contributed by atoms with E-state index in [9.17, 15) is 34.8 Å². The standard InChI is InChI=1S/C29H31N3O8/c1-31-6-8-32(9-7-31)13-16-2-5-21(40-16)17-3-4-19(33)23-18(17)11-14-10-15-12-20(34)24(28(30)38)27(37)29(15,39)26(36)22(14)25(23)35/h2-5,14-15,33,35,37,39H,6-13H2,1H3,(H2,30,38)/t14-,15+,29+/m1/s1. The van der Waals surface area contributed by atoms with Gasteiger partial charge in [-0.05, 0) is 55.6 Å². The lowest BCUT2D eigenvalue weighted by molar-refractivity contribution is -0.147. The second-order valence-corrected chi connectivity index (χ2v) is 11.2. The third kappa shape index (κ3) is 3.87. The number of hydrogen-bond acceptors (Lipinski definition) is 10. The first-order chi connectivity index (χ1) is 19.0. The van der Waals surface area contributed by atoms with Crippen LogP contribution in [0.1, 0.15) is 29.7 Å². The van der Waals surface area contributed by atoms with Crippen molar-refractivity contribution in [1.29, 1.82) is 0 Å². The Kier molecular flexibility index (Phi) is 6.13. The zero-order valence-corrected chi connectivity index (χ0v) is 22.0. The molecule has 1 saturated carbocycles. The van der Waals surface area contributed by atoms with Crippen LogP contribution in [0, 0.1) is 11.8 Å². The lowest BCUT2D eigenvalue weighted by Crippen LogP contribution is -2.58. The first-order valence-corrected chi connectivity index (χ1v) is 13.3. The predicted molar refractivity (Wildman–Crippen MR) is 142 cm³/mol. The molecule has 11 nitrogen and oxygen atoms in total. The van der Waals surface area contributed by atoms with Gasteiger partial charge in [0.15, 0.2) is 11.4 Å². The van der Waals surface area contributed by atoms with E-state index in [0.29, 0.717) is 23.4 Å². The number of ketones is 2. The van der Waals surface area contributed by atoms with Crippen molar-refractivity contribution in [2.45, 2.75) is 31.4 Å². The smallest absolute Gasteiger partial charge is 0.255 e. The molecule has 3 aliphatic carbocycles. The molecule has 2 heterocycles. The topological polar surface area (TPSA) is 178 Å². The van der Waals surface area contributed by atoms with Gasteiger partial charge in [0, 0.05) is 49.7 Å². The van der Waals surface area contributed by atoms with E-state index in [1.165, 1.54) is 6.07 Å². The van der Waals surface area contributed by atoms with Gasteiger partial charge >= 0.3 is 0 Å². The largest absolute Gasteiger partial charge is 0.508 e. The van der Waals surface area contributed by atoms with E-state index in [0.717, 1.165) is 31.9 Å². The number of phenolic OH excluding ortho intramolecular Hbond substituents is 1. The van der Waals surface area contributed by atoms with Crippen LogP contribution in [0.2, 0.25) is 0 Å². The molecule has 3 atom stereocenters. The molecule has 1 aliphatic heterocycles. The molecule has 6 rings (SSSR count).